The third-order valence-corrected chi connectivity index (χ3v) is 3.95. The zero-order valence-corrected chi connectivity index (χ0v) is 14.2. The number of aliphatic hydroxyl groups excluding tert-OH is 1. The van der Waals surface area contributed by atoms with Gasteiger partial charge in [0.1, 0.15) is 23.9 Å². The highest BCUT2D eigenvalue weighted by atomic mass is 16.5. The fourth-order valence-electron chi connectivity index (χ4n) is 2.44. The zero-order valence-electron chi connectivity index (χ0n) is 14.2. The fraction of sp³-hybridized carbons (Fsp3) is 0.556. The standard InChI is InChI=1S/C18H27NO4/c1-4-14(2)19(11-17-8-7-15(3)23-17)10-16(20)12-21-13-18-6-5-9-22-18/h5-9,14,16,20H,4,10-13H2,1-3H3/t14-,16-/m1/s1. The maximum Gasteiger partial charge on any atom is 0.129 e. The summed E-state index contributed by atoms with van der Waals surface area (Å²) < 4.78 is 16.4. The van der Waals surface area contributed by atoms with E-state index in [1.807, 2.05) is 31.2 Å². The molecule has 0 bridgehead atoms. The summed E-state index contributed by atoms with van der Waals surface area (Å²) in [4.78, 5) is 2.22. The molecule has 23 heavy (non-hydrogen) atoms. The van der Waals surface area contributed by atoms with Gasteiger partial charge in [-0.3, -0.25) is 4.90 Å². The lowest BCUT2D eigenvalue weighted by Crippen LogP contribution is -2.39. The molecule has 2 heterocycles. The van der Waals surface area contributed by atoms with E-state index in [1.165, 1.54) is 0 Å². The maximum atomic E-state index is 10.2. The summed E-state index contributed by atoms with van der Waals surface area (Å²) in [5, 5.41) is 10.2. The minimum absolute atomic E-state index is 0.283. The van der Waals surface area contributed by atoms with Crippen LogP contribution in [0.4, 0.5) is 0 Å². The van der Waals surface area contributed by atoms with Crippen LogP contribution in [0.2, 0.25) is 0 Å². The molecular weight excluding hydrogens is 294 g/mol. The molecule has 0 radical (unpaired) electrons. The van der Waals surface area contributed by atoms with E-state index in [0.717, 1.165) is 23.7 Å². The van der Waals surface area contributed by atoms with Gasteiger partial charge in [-0.2, -0.15) is 0 Å². The van der Waals surface area contributed by atoms with Crippen molar-refractivity contribution in [3.05, 3.63) is 47.8 Å². The summed E-state index contributed by atoms with van der Waals surface area (Å²) in [6.07, 6.45) is 2.08. The molecule has 0 unspecified atom stereocenters. The van der Waals surface area contributed by atoms with Crippen molar-refractivity contribution in [2.45, 2.75) is 52.5 Å². The van der Waals surface area contributed by atoms with Crippen LogP contribution in [0.3, 0.4) is 0 Å². The molecule has 0 aliphatic carbocycles. The van der Waals surface area contributed by atoms with Crippen LogP contribution in [0.1, 0.15) is 37.5 Å². The minimum Gasteiger partial charge on any atom is -0.467 e. The molecule has 5 heteroatoms. The second kappa shape index (κ2) is 8.91. The molecule has 0 spiro atoms. The third-order valence-electron chi connectivity index (χ3n) is 3.95. The summed E-state index contributed by atoms with van der Waals surface area (Å²) in [5.74, 6) is 2.60. The number of aliphatic hydroxyl groups is 1. The molecule has 0 saturated heterocycles. The Morgan fingerprint density at radius 3 is 2.70 bits per heavy atom. The number of hydrogen-bond acceptors (Lipinski definition) is 5. The normalized spacial score (nSPS) is 14.3. The van der Waals surface area contributed by atoms with Crippen molar-refractivity contribution in [2.75, 3.05) is 13.2 Å². The molecule has 0 saturated carbocycles. The van der Waals surface area contributed by atoms with E-state index in [0.29, 0.717) is 25.7 Å². The largest absolute Gasteiger partial charge is 0.467 e. The van der Waals surface area contributed by atoms with Crippen LogP contribution < -0.4 is 0 Å². The predicted octanol–water partition coefficient (Wildman–Crippen LogP) is 3.36. The first-order valence-electron chi connectivity index (χ1n) is 8.16. The van der Waals surface area contributed by atoms with Gasteiger partial charge < -0.3 is 18.7 Å². The molecule has 0 aliphatic rings. The van der Waals surface area contributed by atoms with Gasteiger partial charge in [0.25, 0.3) is 0 Å². The van der Waals surface area contributed by atoms with Crippen molar-refractivity contribution in [2.24, 2.45) is 0 Å². The average Bonchev–Trinajstić information content (AvgIpc) is 3.17. The van der Waals surface area contributed by atoms with E-state index in [4.69, 9.17) is 13.6 Å². The van der Waals surface area contributed by atoms with Gasteiger partial charge in [0, 0.05) is 12.6 Å². The number of furan rings is 2. The molecule has 1 N–H and O–H groups in total. The Morgan fingerprint density at radius 2 is 2.09 bits per heavy atom. The Hall–Kier alpha value is -1.56. The van der Waals surface area contributed by atoms with E-state index in [2.05, 4.69) is 18.7 Å². The summed E-state index contributed by atoms with van der Waals surface area (Å²) in [6.45, 7) is 8.14. The summed E-state index contributed by atoms with van der Waals surface area (Å²) in [7, 11) is 0. The first kappa shape index (κ1) is 17.8. The SMILES string of the molecule is CC[C@@H](C)N(Cc1ccc(C)o1)C[C@@H](O)COCc1ccco1. The van der Waals surface area contributed by atoms with Gasteiger partial charge in [-0.15, -0.1) is 0 Å². The number of rotatable bonds is 10. The topological polar surface area (TPSA) is 59.0 Å². The van der Waals surface area contributed by atoms with Gasteiger partial charge in [0.05, 0.1) is 25.5 Å². The van der Waals surface area contributed by atoms with Crippen LogP contribution >= 0.6 is 0 Å². The first-order chi connectivity index (χ1) is 11.1. The Morgan fingerprint density at radius 1 is 1.26 bits per heavy atom. The second-order valence-corrected chi connectivity index (χ2v) is 5.95. The maximum absolute atomic E-state index is 10.2. The number of aryl methyl sites for hydroxylation is 1. The van der Waals surface area contributed by atoms with Gasteiger partial charge in [0.15, 0.2) is 0 Å². The Balaban J connectivity index is 1.81. The smallest absolute Gasteiger partial charge is 0.129 e. The van der Waals surface area contributed by atoms with Crippen LogP contribution in [0.5, 0.6) is 0 Å². The molecule has 5 nitrogen and oxygen atoms in total. The zero-order chi connectivity index (χ0) is 16.7. The van der Waals surface area contributed by atoms with Gasteiger partial charge in [-0.25, -0.2) is 0 Å². The minimum atomic E-state index is -0.546. The van der Waals surface area contributed by atoms with E-state index < -0.39 is 6.10 Å². The van der Waals surface area contributed by atoms with Crippen LogP contribution in [0.15, 0.2) is 39.4 Å². The molecule has 0 fully saturated rings. The van der Waals surface area contributed by atoms with Crippen molar-refractivity contribution in [1.29, 1.82) is 0 Å². The summed E-state index contributed by atoms with van der Waals surface area (Å²) >= 11 is 0. The molecule has 0 amide bonds. The predicted molar refractivity (Wildman–Crippen MR) is 88.0 cm³/mol. The molecule has 0 aliphatic heterocycles. The second-order valence-electron chi connectivity index (χ2n) is 5.95. The number of hydrogen-bond donors (Lipinski definition) is 1. The van der Waals surface area contributed by atoms with Gasteiger partial charge in [0.2, 0.25) is 0 Å². The molecule has 2 atom stereocenters. The molecule has 0 aromatic carbocycles. The first-order valence-corrected chi connectivity index (χ1v) is 8.16. The highest BCUT2D eigenvalue weighted by Gasteiger charge is 2.18. The van der Waals surface area contributed by atoms with Crippen molar-refractivity contribution in [3.63, 3.8) is 0 Å². The lowest BCUT2D eigenvalue weighted by Gasteiger charge is -2.29. The number of nitrogens with zero attached hydrogens (tertiary/aromatic N) is 1. The Bertz CT molecular complexity index is 549. The monoisotopic (exact) mass is 321 g/mol. The molecule has 2 rings (SSSR count). The van der Waals surface area contributed by atoms with Crippen LogP contribution in [-0.4, -0.2) is 35.3 Å². The molecular formula is C18H27NO4. The lowest BCUT2D eigenvalue weighted by atomic mass is 10.2. The Kier molecular flexibility index (Phi) is 6.89. The summed E-state index contributed by atoms with van der Waals surface area (Å²) in [5.41, 5.74) is 0. The molecule has 128 valence electrons. The third kappa shape index (κ3) is 5.86. The molecule has 2 aromatic rings. The van der Waals surface area contributed by atoms with Crippen LogP contribution in [0.25, 0.3) is 0 Å². The van der Waals surface area contributed by atoms with E-state index in [9.17, 15) is 5.11 Å². The number of ether oxygens (including phenoxy) is 1. The van der Waals surface area contributed by atoms with Gasteiger partial charge >= 0.3 is 0 Å². The van der Waals surface area contributed by atoms with E-state index >= 15 is 0 Å². The average molecular weight is 321 g/mol. The van der Waals surface area contributed by atoms with Crippen molar-refractivity contribution >= 4 is 0 Å². The summed E-state index contributed by atoms with van der Waals surface area (Å²) in [6, 6.07) is 8.00. The van der Waals surface area contributed by atoms with E-state index in [-0.39, 0.29) is 6.61 Å². The highest BCUT2D eigenvalue weighted by molar-refractivity contribution is 5.05. The van der Waals surface area contributed by atoms with Crippen molar-refractivity contribution < 1.29 is 18.7 Å². The van der Waals surface area contributed by atoms with Crippen molar-refractivity contribution in [3.8, 4) is 0 Å². The lowest BCUT2D eigenvalue weighted by molar-refractivity contribution is -0.00389. The highest BCUT2D eigenvalue weighted by Crippen LogP contribution is 2.14. The molecule has 2 aromatic heterocycles. The Labute approximate surface area is 137 Å². The van der Waals surface area contributed by atoms with Crippen molar-refractivity contribution in [1.82, 2.24) is 4.90 Å². The van der Waals surface area contributed by atoms with E-state index in [1.54, 1.807) is 6.26 Å². The quantitative estimate of drug-likeness (QED) is 0.727. The van der Waals surface area contributed by atoms with Crippen LogP contribution in [0, 0.1) is 6.92 Å². The van der Waals surface area contributed by atoms with Crippen LogP contribution in [-0.2, 0) is 17.9 Å². The fourth-order valence-corrected chi connectivity index (χ4v) is 2.44. The van der Waals surface area contributed by atoms with Gasteiger partial charge in [-0.05, 0) is 44.5 Å². The van der Waals surface area contributed by atoms with Gasteiger partial charge in [-0.1, -0.05) is 6.92 Å².